The van der Waals surface area contributed by atoms with Crippen LogP contribution < -0.4 is 10.4 Å². The quantitative estimate of drug-likeness (QED) is 0.702. The fourth-order valence-electron chi connectivity index (χ4n) is 2.63. The van der Waals surface area contributed by atoms with Crippen molar-refractivity contribution >= 4 is 0 Å². The molecule has 120 valence electrons. The number of nitrogens with zero attached hydrogens (tertiary/aromatic N) is 7. The first-order valence-corrected chi connectivity index (χ1v) is 7.27. The van der Waals surface area contributed by atoms with Crippen molar-refractivity contribution in [3.05, 3.63) is 34.0 Å². The summed E-state index contributed by atoms with van der Waals surface area (Å²) in [4.78, 5) is 12.2. The highest BCUT2D eigenvalue weighted by atomic mass is 16.5. The highest BCUT2D eigenvalue weighted by molar-refractivity contribution is 5.40. The first kappa shape index (κ1) is 12.6. The maximum atomic E-state index is 12.2. The van der Waals surface area contributed by atoms with Crippen molar-refractivity contribution in [2.45, 2.75) is 25.4 Å². The largest absolute Gasteiger partial charge is 0.472 e. The van der Waals surface area contributed by atoms with Crippen LogP contribution in [0.4, 0.5) is 0 Å². The number of nitrogens with one attached hydrogen (secondary N) is 1. The summed E-state index contributed by atoms with van der Waals surface area (Å²) in [5.74, 6) is 1.17. The highest BCUT2D eigenvalue weighted by Crippen LogP contribution is 2.42. The van der Waals surface area contributed by atoms with E-state index in [1.165, 1.54) is 17.9 Å². The molecule has 0 aromatic carbocycles. The van der Waals surface area contributed by atoms with Gasteiger partial charge in [0.1, 0.15) is 6.61 Å². The summed E-state index contributed by atoms with van der Waals surface area (Å²) >= 11 is 0. The number of ether oxygens (including phenoxy) is 1. The Labute approximate surface area is 132 Å². The maximum absolute atomic E-state index is 12.2. The standard InChI is InChI=1S/C13H16N8O2/c1-19-11(8-3-4-8)9(7-23-10-5-6-14-15-10)12(16-19)21-13(22)20(2)17-18-21/h5-6,8H,3-4,7H2,1-2H3,(H,14,15)/i/hT. The zero-order chi connectivity index (χ0) is 16.8. The summed E-state index contributed by atoms with van der Waals surface area (Å²) in [7, 11) is 3.38. The zero-order valence-corrected chi connectivity index (χ0v) is 12.7. The van der Waals surface area contributed by atoms with E-state index in [-0.39, 0.29) is 12.3 Å². The van der Waals surface area contributed by atoms with Gasteiger partial charge in [-0.05, 0) is 23.3 Å². The van der Waals surface area contributed by atoms with E-state index in [1.807, 2.05) is 7.05 Å². The molecule has 1 aliphatic rings. The minimum absolute atomic E-state index is 0.190. The molecule has 1 N–H and O–H groups in total. The smallest absolute Gasteiger partial charge is 0.369 e. The van der Waals surface area contributed by atoms with Crippen LogP contribution >= 0.6 is 0 Å². The van der Waals surface area contributed by atoms with Crippen molar-refractivity contribution in [3.8, 4) is 11.7 Å². The molecule has 0 radical (unpaired) electrons. The van der Waals surface area contributed by atoms with Gasteiger partial charge in [0.05, 0.1) is 11.3 Å². The lowest BCUT2D eigenvalue weighted by molar-refractivity contribution is 0.291. The topological polar surface area (TPSA) is 108 Å². The monoisotopic (exact) mass is 318 g/mol. The van der Waals surface area contributed by atoms with Crippen molar-refractivity contribution in [2.75, 3.05) is 0 Å². The van der Waals surface area contributed by atoms with E-state index < -0.39 is 0 Å². The second-order valence-corrected chi connectivity index (χ2v) is 5.54. The lowest BCUT2D eigenvalue weighted by Gasteiger charge is -2.06. The van der Waals surface area contributed by atoms with Crippen LogP contribution in [0.2, 0.25) is 1.41 Å². The average Bonchev–Trinajstić information content (AvgIpc) is 3.10. The van der Waals surface area contributed by atoms with Gasteiger partial charge in [-0.2, -0.15) is 9.78 Å². The molecule has 0 saturated heterocycles. The van der Waals surface area contributed by atoms with Gasteiger partial charge in [-0.15, -0.1) is 9.78 Å². The number of H-pyrrole nitrogens is 1. The summed E-state index contributed by atoms with van der Waals surface area (Å²) in [5, 5.41) is 16.9. The van der Waals surface area contributed by atoms with Gasteiger partial charge in [0.2, 0.25) is 5.88 Å². The average molecular weight is 318 g/mol. The number of hydrogen-bond donors (Lipinski definition) is 1. The number of rotatable bonds is 5. The fourth-order valence-corrected chi connectivity index (χ4v) is 2.63. The Morgan fingerprint density at radius 2 is 2.22 bits per heavy atom. The Morgan fingerprint density at radius 1 is 1.39 bits per heavy atom. The molecule has 23 heavy (non-hydrogen) atoms. The second kappa shape index (κ2) is 5.07. The predicted molar refractivity (Wildman–Crippen MR) is 78.3 cm³/mol. The van der Waals surface area contributed by atoms with Gasteiger partial charge >= 0.3 is 5.69 Å². The predicted octanol–water partition coefficient (Wildman–Crippen LogP) is -0.121. The Kier molecular flexibility index (Phi) is 2.78. The van der Waals surface area contributed by atoms with Crippen molar-refractivity contribution in [3.63, 3.8) is 0 Å². The molecule has 0 atom stereocenters. The van der Waals surface area contributed by atoms with Gasteiger partial charge < -0.3 is 4.74 Å². The molecule has 4 rings (SSSR count). The highest BCUT2D eigenvalue weighted by Gasteiger charge is 2.33. The first-order chi connectivity index (χ1) is 11.5. The van der Waals surface area contributed by atoms with Gasteiger partial charge in [0.25, 0.3) is 0 Å². The number of aromatic nitrogens is 8. The molecule has 0 spiro atoms. The number of aromatic amines is 1. The van der Waals surface area contributed by atoms with E-state index in [0.717, 1.165) is 33.9 Å². The van der Waals surface area contributed by atoms with Crippen molar-refractivity contribution in [1.82, 2.24) is 39.8 Å². The number of hydrogen-bond acceptors (Lipinski definition) is 6. The summed E-state index contributed by atoms with van der Waals surface area (Å²) in [6.07, 6.45) is 3.65. The third kappa shape index (κ3) is 2.31. The molecule has 0 aliphatic heterocycles. The summed E-state index contributed by atoms with van der Waals surface area (Å²) < 4.78 is 17.2. The summed E-state index contributed by atoms with van der Waals surface area (Å²) in [6, 6.07) is 1.61. The minimum Gasteiger partial charge on any atom is -0.472 e. The van der Waals surface area contributed by atoms with E-state index in [1.54, 1.807) is 10.7 Å². The Bertz CT molecular complexity index is 948. The van der Waals surface area contributed by atoms with E-state index in [9.17, 15) is 4.79 Å². The van der Waals surface area contributed by atoms with E-state index >= 15 is 0 Å². The first-order valence-electron chi connectivity index (χ1n) is 7.72. The molecule has 3 heterocycles. The Hall–Kier alpha value is -2.91. The molecule has 0 amide bonds. The molecule has 3 aromatic heterocycles. The van der Waals surface area contributed by atoms with Crippen LogP contribution in [0.15, 0.2) is 17.1 Å². The minimum atomic E-state index is -0.368. The van der Waals surface area contributed by atoms with Crippen LogP contribution in [-0.4, -0.2) is 39.8 Å². The number of tetrazole rings is 1. The van der Waals surface area contributed by atoms with Crippen molar-refractivity contribution < 1.29 is 6.15 Å². The molecule has 1 fully saturated rings. The zero-order valence-electron chi connectivity index (χ0n) is 13.7. The molecule has 3 aromatic rings. The van der Waals surface area contributed by atoms with E-state index in [4.69, 9.17) is 6.15 Å². The van der Waals surface area contributed by atoms with Gasteiger partial charge in [0, 0.05) is 32.3 Å². The van der Waals surface area contributed by atoms with Crippen LogP contribution in [0.3, 0.4) is 0 Å². The van der Waals surface area contributed by atoms with E-state index in [0.29, 0.717) is 17.6 Å². The molecule has 0 unspecified atom stereocenters. The normalized spacial score (nSPS) is 15.0. The molecule has 1 aliphatic carbocycles. The fraction of sp³-hybridized carbons (Fsp3) is 0.462. The SMILES string of the molecule is [3H]n1ccc(OCc2c(-n3nnn(C)c3=O)nn(C)c2C2CC2)n1. The summed E-state index contributed by atoms with van der Waals surface area (Å²) in [5.41, 5.74) is 1.46. The van der Waals surface area contributed by atoms with Gasteiger partial charge in [0.15, 0.2) is 7.23 Å². The number of aryl methyl sites for hydroxylation is 2. The Balaban J connectivity index is 1.75. The van der Waals surface area contributed by atoms with Gasteiger partial charge in [-0.3, -0.25) is 9.77 Å². The molecule has 10 heteroatoms. The van der Waals surface area contributed by atoms with Crippen LogP contribution in [-0.2, 0) is 20.7 Å². The second-order valence-electron chi connectivity index (χ2n) is 5.54. The van der Waals surface area contributed by atoms with E-state index in [2.05, 4.69) is 20.6 Å². The Morgan fingerprint density at radius 3 is 2.83 bits per heavy atom. The lowest BCUT2D eigenvalue weighted by atomic mass is 10.1. The lowest BCUT2D eigenvalue weighted by Crippen LogP contribution is -2.23. The molecule has 0 bridgehead atoms. The summed E-state index contributed by atoms with van der Waals surface area (Å²) in [6.45, 7) is 0.190. The third-order valence-corrected chi connectivity index (χ3v) is 3.86. The maximum Gasteiger partial charge on any atom is 0.369 e. The molecule has 1 saturated carbocycles. The van der Waals surface area contributed by atoms with Crippen LogP contribution in [0.25, 0.3) is 5.82 Å². The molecular weight excluding hydrogens is 300 g/mol. The van der Waals surface area contributed by atoms with Crippen LogP contribution in [0, 0.1) is 0 Å². The van der Waals surface area contributed by atoms with Crippen molar-refractivity contribution in [2.24, 2.45) is 14.1 Å². The van der Waals surface area contributed by atoms with Crippen LogP contribution in [0.1, 0.15) is 30.0 Å². The van der Waals surface area contributed by atoms with Crippen LogP contribution in [0.5, 0.6) is 5.88 Å². The molecule has 10 nitrogen and oxygen atoms in total. The molecular formula is C13H16N8O2. The third-order valence-electron chi connectivity index (χ3n) is 3.86. The van der Waals surface area contributed by atoms with Gasteiger partial charge in [-0.25, -0.2) is 4.79 Å². The van der Waals surface area contributed by atoms with Gasteiger partial charge in [-0.1, -0.05) is 0 Å². The van der Waals surface area contributed by atoms with Crippen molar-refractivity contribution in [1.29, 1.82) is 0 Å².